The number of carbonyl (C=O) groups excluding carboxylic acids is 1. The Bertz CT molecular complexity index is 221. The van der Waals surface area contributed by atoms with Crippen LogP contribution in [0.3, 0.4) is 0 Å². The summed E-state index contributed by atoms with van der Waals surface area (Å²) in [5, 5.41) is 13.8. The first-order chi connectivity index (χ1) is 7.61. The molecule has 0 radical (unpaired) electrons. The van der Waals surface area contributed by atoms with Crippen LogP contribution < -0.4 is 16.4 Å². The maximum absolute atomic E-state index is 11.3. The molecular weight excluding hydrogens is 210 g/mol. The van der Waals surface area contributed by atoms with Gasteiger partial charge in [-0.1, -0.05) is 19.8 Å². The minimum atomic E-state index is -0.998. The summed E-state index contributed by atoms with van der Waals surface area (Å²) in [6, 6.07) is -1.25. The van der Waals surface area contributed by atoms with E-state index in [1.807, 2.05) is 6.92 Å². The normalized spacial score (nSPS) is 11.9. The maximum atomic E-state index is 11.3. The number of nitrogens with two attached hydrogens (primary N) is 1. The fourth-order valence-electron chi connectivity index (χ4n) is 1.18. The molecule has 0 unspecified atom stereocenters. The SMILES string of the molecule is CCCC[C@H](NC(=O)NCCCN)C(=O)O. The van der Waals surface area contributed by atoms with Gasteiger partial charge in [-0.15, -0.1) is 0 Å². The summed E-state index contributed by atoms with van der Waals surface area (Å²) < 4.78 is 0. The third-order valence-corrected chi connectivity index (χ3v) is 2.12. The van der Waals surface area contributed by atoms with Crippen LogP contribution in [0.15, 0.2) is 0 Å². The van der Waals surface area contributed by atoms with Crippen LogP contribution in [0, 0.1) is 0 Å². The number of rotatable bonds is 8. The summed E-state index contributed by atoms with van der Waals surface area (Å²) in [6.45, 7) is 2.93. The van der Waals surface area contributed by atoms with E-state index in [1.54, 1.807) is 0 Å². The number of aliphatic carboxylic acids is 1. The van der Waals surface area contributed by atoms with Crippen LogP contribution in [0.2, 0.25) is 0 Å². The van der Waals surface area contributed by atoms with Gasteiger partial charge < -0.3 is 21.5 Å². The second-order valence-electron chi connectivity index (χ2n) is 3.58. The average molecular weight is 231 g/mol. The Balaban J connectivity index is 3.88. The minimum Gasteiger partial charge on any atom is -0.480 e. The molecule has 0 aromatic heterocycles. The molecule has 0 aliphatic carbocycles. The van der Waals surface area contributed by atoms with E-state index in [-0.39, 0.29) is 0 Å². The zero-order valence-electron chi connectivity index (χ0n) is 9.66. The summed E-state index contributed by atoms with van der Waals surface area (Å²) in [5.74, 6) is -0.998. The zero-order chi connectivity index (χ0) is 12.4. The van der Waals surface area contributed by atoms with Crippen molar-refractivity contribution in [2.24, 2.45) is 5.73 Å². The van der Waals surface area contributed by atoms with Crippen molar-refractivity contribution >= 4 is 12.0 Å². The molecule has 5 N–H and O–H groups in total. The molecule has 0 saturated heterocycles. The molecule has 1 atom stereocenters. The number of amides is 2. The Morgan fingerprint density at radius 2 is 2.06 bits per heavy atom. The van der Waals surface area contributed by atoms with Gasteiger partial charge in [0.25, 0.3) is 0 Å². The van der Waals surface area contributed by atoms with E-state index in [0.717, 1.165) is 12.8 Å². The molecule has 0 saturated carbocycles. The Morgan fingerprint density at radius 3 is 2.56 bits per heavy atom. The van der Waals surface area contributed by atoms with Crippen LogP contribution in [-0.2, 0) is 4.79 Å². The molecule has 16 heavy (non-hydrogen) atoms. The fraction of sp³-hybridized carbons (Fsp3) is 0.800. The van der Waals surface area contributed by atoms with Gasteiger partial charge in [0.2, 0.25) is 0 Å². The average Bonchev–Trinajstić information content (AvgIpc) is 2.24. The van der Waals surface area contributed by atoms with Crippen LogP contribution >= 0.6 is 0 Å². The maximum Gasteiger partial charge on any atom is 0.326 e. The molecule has 0 aromatic carbocycles. The predicted octanol–water partition coefficient (Wildman–Crippen LogP) is 0.278. The van der Waals surface area contributed by atoms with Crippen molar-refractivity contribution in [1.82, 2.24) is 10.6 Å². The first-order valence-electron chi connectivity index (χ1n) is 5.59. The molecule has 2 amide bonds. The summed E-state index contributed by atoms with van der Waals surface area (Å²) in [6.07, 6.45) is 2.82. The van der Waals surface area contributed by atoms with Gasteiger partial charge >= 0.3 is 12.0 Å². The Labute approximate surface area is 95.6 Å². The van der Waals surface area contributed by atoms with Crippen LogP contribution in [0.25, 0.3) is 0 Å². The van der Waals surface area contributed by atoms with E-state index in [9.17, 15) is 9.59 Å². The second kappa shape index (κ2) is 8.96. The highest BCUT2D eigenvalue weighted by Gasteiger charge is 2.18. The number of hydrogen-bond acceptors (Lipinski definition) is 3. The summed E-state index contributed by atoms with van der Waals surface area (Å²) in [5.41, 5.74) is 5.26. The monoisotopic (exact) mass is 231 g/mol. The Hall–Kier alpha value is -1.30. The third kappa shape index (κ3) is 7.05. The highest BCUT2D eigenvalue weighted by atomic mass is 16.4. The summed E-state index contributed by atoms with van der Waals surface area (Å²) in [4.78, 5) is 22.1. The van der Waals surface area contributed by atoms with Crippen molar-refractivity contribution in [2.45, 2.75) is 38.6 Å². The molecule has 6 nitrogen and oxygen atoms in total. The lowest BCUT2D eigenvalue weighted by Crippen LogP contribution is -2.46. The first kappa shape index (κ1) is 14.7. The fourth-order valence-corrected chi connectivity index (χ4v) is 1.18. The summed E-state index contributed by atoms with van der Waals surface area (Å²) in [7, 11) is 0. The van der Waals surface area contributed by atoms with E-state index in [1.165, 1.54) is 0 Å². The van der Waals surface area contributed by atoms with Gasteiger partial charge in [-0.3, -0.25) is 0 Å². The topological polar surface area (TPSA) is 104 Å². The van der Waals surface area contributed by atoms with Crippen molar-refractivity contribution in [3.63, 3.8) is 0 Å². The zero-order valence-corrected chi connectivity index (χ0v) is 9.66. The molecule has 0 heterocycles. The number of carboxylic acid groups (broad SMARTS) is 1. The van der Waals surface area contributed by atoms with Crippen LogP contribution in [-0.4, -0.2) is 36.2 Å². The molecule has 0 aliphatic heterocycles. The van der Waals surface area contributed by atoms with Gasteiger partial charge in [0.1, 0.15) is 6.04 Å². The van der Waals surface area contributed by atoms with Crippen molar-refractivity contribution in [3.8, 4) is 0 Å². The summed E-state index contributed by atoms with van der Waals surface area (Å²) >= 11 is 0. The predicted molar refractivity (Wildman–Crippen MR) is 61.2 cm³/mol. The smallest absolute Gasteiger partial charge is 0.326 e. The minimum absolute atomic E-state index is 0.447. The second-order valence-corrected chi connectivity index (χ2v) is 3.58. The molecule has 0 spiro atoms. The third-order valence-electron chi connectivity index (χ3n) is 2.12. The van der Waals surface area contributed by atoms with Gasteiger partial charge in [0.15, 0.2) is 0 Å². The van der Waals surface area contributed by atoms with Gasteiger partial charge in [-0.2, -0.15) is 0 Å². The van der Waals surface area contributed by atoms with Crippen LogP contribution in [0.5, 0.6) is 0 Å². The lowest BCUT2D eigenvalue weighted by molar-refractivity contribution is -0.139. The van der Waals surface area contributed by atoms with Crippen molar-refractivity contribution in [3.05, 3.63) is 0 Å². The lowest BCUT2D eigenvalue weighted by Gasteiger charge is -2.14. The van der Waals surface area contributed by atoms with E-state index in [4.69, 9.17) is 10.8 Å². The van der Waals surface area contributed by atoms with Crippen molar-refractivity contribution < 1.29 is 14.7 Å². The van der Waals surface area contributed by atoms with Crippen LogP contribution in [0.1, 0.15) is 32.6 Å². The first-order valence-corrected chi connectivity index (χ1v) is 5.59. The van der Waals surface area contributed by atoms with Gasteiger partial charge in [-0.25, -0.2) is 9.59 Å². The lowest BCUT2D eigenvalue weighted by atomic mass is 10.1. The van der Waals surface area contributed by atoms with E-state index < -0.39 is 18.0 Å². The number of carbonyl (C=O) groups is 2. The van der Waals surface area contributed by atoms with Crippen molar-refractivity contribution in [2.75, 3.05) is 13.1 Å². The van der Waals surface area contributed by atoms with Crippen molar-refractivity contribution in [1.29, 1.82) is 0 Å². The molecule has 0 fully saturated rings. The van der Waals surface area contributed by atoms with E-state index in [2.05, 4.69) is 10.6 Å². The Kier molecular flexibility index (Phi) is 8.24. The van der Waals surface area contributed by atoms with Gasteiger partial charge in [0.05, 0.1) is 0 Å². The van der Waals surface area contributed by atoms with E-state index >= 15 is 0 Å². The molecule has 0 aliphatic rings. The van der Waals surface area contributed by atoms with Gasteiger partial charge in [0, 0.05) is 6.54 Å². The van der Waals surface area contributed by atoms with Crippen LogP contribution in [0.4, 0.5) is 4.79 Å². The molecule has 0 aromatic rings. The number of unbranched alkanes of at least 4 members (excludes halogenated alkanes) is 1. The van der Waals surface area contributed by atoms with Gasteiger partial charge in [-0.05, 0) is 19.4 Å². The van der Waals surface area contributed by atoms with E-state index in [0.29, 0.717) is 25.9 Å². The quantitative estimate of drug-likeness (QED) is 0.450. The molecule has 0 rings (SSSR count). The molecule has 94 valence electrons. The number of nitrogens with one attached hydrogen (secondary N) is 2. The highest BCUT2D eigenvalue weighted by Crippen LogP contribution is 2.00. The number of hydrogen-bond donors (Lipinski definition) is 4. The standard InChI is InChI=1S/C10H21N3O3/c1-2-3-5-8(9(14)15)13-10(16)12-7-4-6-11/h8H,2-7,11H2,1H3,(H,14,15)(H2,12,13,16)/t8-/m0/s1. The molecule has 0 bridgehead atoms. The largest absolute Gasteiger partial charge is 0.480 e. The Morgan fingerprint density at radius 1 is 1.38 bits per heavy atom. The number of urea groups is 1. The highest BCUT2D eigenvalue weighted by molar-refractivity contribution is 5.82. The number of carboxylic acids is 1. The molecule has 6 heteroatoms. The molecular formula is C10H21N3O3.